The van der Waals surface area contributed by atoms with Crippen LogP contribution in [0.4, 0.5) is 51.8 Å². The van der Waals surface area contributed by atoms with Crippen molar-refractivity contribution in [3.8, 4) is 0 Å². The Bertz CT molecular complexity index is 143. The number of hydrogen-bond donors (Lipinski definition) is 1. The molecule has 0 fully saturated rings. The minimum Gasteiger partial charge on any atom is -1.00 e. The second-order valence-corrected chi connectivity index (χ2v) is 2.21. The topological polar surface area (TPSA) is 20.2 Å². The minimum absolute atomic E-state index is 0. The molecule has 0 amide bonds. The summed E-state index contributed by atoms with van der Waals surface area (Å²) in [6.45, 7) is 2.25. The summed E-state index contributed by atoms with van der Waals surface area (Å²) in [7, 11) is -18.0. The van der Waals surface area contributed by atoms with Gasteiger partial charge in [-0.2, -0.15) is 0 Å². The smallest absolute Gasteiger partial charge is 1.00 e. The maximum atomic E-state index is 9.75. The molecule has 17 heteroatoms. The van der Waals surface area contributed by atoms with Crippen LogP contribution in [0.1, 0.15) is 37.1 Å². The third-order valence-electron chi connectivity index (χ3n) is 0.224. The molecule has 0 saturated carbocycles. The van der Waals surface area contributed by atoms with Crippen molar-refractivity contribution in [3.05, 3.63) is 0 Å². The van der Waals surface area contributed by atoms with Crippen LogP contribution in [0.5, 0.6) is 0 Å². The van der Waals surface area contributed by atoms with Crippen LogP contribution in [-0.2, 0) is 0 Å². The summed E-state index contributed by atoms with van der Waals surface area (Å²) in [5.74, 6) is 0. The second kappa shape index (κ2) is 25.2. The largest absolute Gasteiger partial charge is 1.00 e. The first-order valence-corrected chi connectivity index (χ1v) is 4.14. The molecule has 0 radical (unpaired) electrons. The molecule has 1 nitrogen and oxygen atoms in total. The van der Waals surface area contributed by atoms with Crippen molar-refractivity contribution in [2.45, 2.75) is 35.6 Å². The quantitative estimate of drug-likeness (QED) is 0.521. The first-order valence-electron chi connectivity index (χ1n) is 4.14. The minimum atomic E-state index is -6.00. The van der Waals surface area contributed by atoms with Gasteiger partial charge >= 0.3 is 73.1 Å². The molecule has 1 N–H and O–H groups in total. The molecule has 0 spiro atoms. The molecule has 0 rings (SSSR count). The Morgan fingerprint density at radius 1 is 0.609 bits per heavy atom. The molecule has 0 saturated heterocycles. The van der Waals surface area contributed by atoms with Gasteiger partial charge in [0.05, 0.1) is 0 Å². The fourth-order valence-corrected chi connectivity index (χ4v) is 0. The third kappa shape index (κ3) is 2650. The third-order valence-corrected chi connectivity index (χ3v) is 0.224. The van der Waals surface area contributed by atoms with E-state index < -0.39 is 21.8 Å². The van der Waals surface area contributed by atoms with Crippen molar-refractivity contribution >= 4 is 21.8 Å². The van der Waals surface area contributed by atoms with E-state index in [0.717, 1.165) is 6.42 Å². The van der Waals surface area contributed by atoms with Crippen molar-refractivity contribution in [1.29, 1.82) is 0 Å². The van der Waals surface area contributed by atoms with Crippen LogP contribution >= 0.6 is 0 Å². The monoisotopic (exact) mass is 409 g/mol. The Balaban J connectivity index is -0.0000000167. The molecule has 23 heavy (non-hydrogen) atoms. The standard InChI is InChI=1S/C3H8O.3CH4.3BF4.K.H/c1-2-3-4;;;;3*2-1(3,4)5;;/h4H,2-3H2,1H3;3*1H4;;;;;/q;;;;3*-1;+1;-1. The molecule has 0 aliphatic carbocycles. The Labute approximate surface area is 172 Å². The zero-order valence-electron chi connectivity index (χ0n) is 11.1. The van der Waals surface area contributed by atoms with Gasteiger partial charge < -0.3 is 58.3 Å². The van der Waals surface area contributed by atoms with Crippen LogP contribution in [0.3, 0.4) is 0 Å². The molecular weight excluding hydrogens is 388 g/mol. The molecule has 0 heterocycles. The maximum absolute atomic E-state index is 9.75. The van der Waals surface area contributed by atoms with Gasteiger partial charge in [0.2, 0.25) is 0 Å². The van der Waals surface area contributed by atoms with E-state index in [4.69, 9.17) is 5.11 Å². The van der Waals surface area contributed by atoms with Gasteiger partial charge in [-0.1, -0.05) is 29.2 Å². The normalized spacial score (nSPS) is 9.13. The molecule has 0 aliphatic rings. The van der Waals surface area contributed by atoms with E-state index in [-0.39, 0.29) is 75.1 Å². The second-order valence-electron chi connectivity index (χ2n) is 2.21. The van der Waals surface area contributed by atoms with E-state index in [9.17, 15) is 51.8 Å². The van der Waals surface area contributed by atoms with Crippen LogP contribution in [-0.4, -0.2) is 33.5 Å². The van der Waals surface area contributed by atoms with Crippen molar-refractivity contribution in [2.75, 3.05) is 6.61 Å². The van der Waals surface area contributed by atoms with Crippen molar-refractivity contribution < 1.29 is 110 Å². The summed E-state index contributed by atoms with van der Waals surface area (Å²) >= 11 is 0. The van der Waals surface area contributed by atoms with Gasteiger partial charge in [0, 0.05) is 6.61 Å². The predicted octanol–water partition coefficient (Wildman–Crippen LogP) is 3.31. The fourth-order valence-electron chi connectivity index (χ4n) is 0. The average Bonchev–Trinajstić information content (AvgIpc) is 1.93. The molecule has 0 aromatic heterocycles. The predicted molar refractivity (Wildman–Crippen MR) is 69.2 cm³/mol. The maximum Gasteiger partial charge on any atom is 1.00 e. The van der Waals surface area contributed by atoms with E-state index in [1.807, 2.05) is 6.92 Å². The van der Waals surface area contributed by atoms with Gasteiger partial charge in [0.15, 0.2) is 0 Å². The van der Waals surface area contributed by atoms with Crippen LogP contribution < -0.4 is 51.4 Å². The number of hydrogen-bond acceptors (Lipinski definition) is 1. The first kappa shape index (κ1) is 49.6. The van der Waals surface area contributed by atoms with Gasteiger partial charge in [-0.15, -0.1) is 0 Å². The molecule has 0 bridgehead atoms. The average molecular weight is 409 g/mol. The Hall–Kier alpha value is 0.951. The van der Waals surface area contributed by atoms with E-state index in [0.29, 0.717) is 6.61 Å². The molecular formula is C6H21B3F12KO-3. The van der Waals surface area contributed by atoms with Crippen LogP contribution in [0.25, 0.3) is 0 Å². The Kier molecular flexibility index (Phi) is 54.3. The number of aliphatic hydroxyl groups is 1. The van der Waals surface area contributed by atoms with Crippen LogP contribution in [0.15, 0.2) is 0 Å². The number of aliphatic hydroxyl groups excluding tert-OH is 1. The van der Waals surface area contributed by atoms with Crippen LogP contribution in [0.2, 0.25) is 0 Å². The first-order chi connectivity index (χ1) is 7.91. The van der Waals surface area contributed by atoms with Gasteiger partial charge in [0.1, 0.15) is 0 Å². The van der Waals surface area contributed by atoms with Crippen LogP contribution in [0, 0.1) is 0 Å². The fraction of sp³-hybridized carbons (Fsp3) is 1.00. The zero-order chi connectivity index (χ0) is 16.9. The van der Waals surface area contributed by atoms with E-state index >= 15 is 0 Å². The summed E-state index contributed by atoms with van der Waals surface area (Å²) in [4.78, 5) is 0. The summed E-state index contributed by atoms with van der Waals surface area (Å²) in [6, 6.07) is 0. The van der Waals surface area contributed by atoms with Gasteiger partial charge in [0.25, 0.3) is 0 Å². The zero-order valence-corrected chi connectivity index (χ0v) is 13.3. The molecule has 0 unspecified atom stereocenters. The van der Waals surface area contributed by atoms with E-state index in [2.05, 4.69) is 0 Å². The van der Waals surface area contributed by atoms with E-state index in [1.165, 1.54) is 0 Å². The van der Waals surface area contributed by atoms with Crippen molar-refractivity contribution in [1.82, 2.24) is 0 Å². The van der Waals surface area contributed by atoms with E-state index in [1.54, 1.807) is 0 Å². The number of halogens is 12. The Morgan fingerprint density at radius 2 is 0.652 bits per heavy atom. The Morgan fingerprint density at radius 3 is 0.652 bits per heavy atom. The molecule has 0 atom stereocenters. The summed E-state index contributed by atoms with van der Waals surface area (Å²) in [5.41, 5.74) is 0. The molecule has 0 aromatic carbocycles. The SMILES string of the molecule is C.C.C.CCCO.F[B-](F)(F)F.F[B-](F)(F)F.F[B-](F)(F)F.[H-].[K+]. The van der Waals surface area contributed by atoms with Crippen molar-refractivity contribution in [2.24, 2.45) is 0 Å². The molecule has 0 aromatic rings. The summed E-state index contributed by atoms with van der Waals surface area (Å²) < 4.78 is 117. The van der Waals surface area contributed by atoms with Gasteiger partial charge in [-0.25, -0.2) is 0 Å². The van der Waals surface area contributed by atoms with Gasteiger partial charge in [-0.05, 0) is 6.42 Å². The molecule has 148 valence electrons. The summed E-state index contributed by atoms with van der Waals surface area (Å²) in [6.07, 6.45) is 0.875. The summed E-state index contributed by atoms with van der Waals surface area (Å²) in [5, 5.41) is 7.88. The van der Waals surface area contributed by atoms with Crippen molar-refractivity contribution in [3.63, 3.8) is 0 Å². The van der Waals surface area contributed by atoms with Gasteiger partial charge in [-0.3, -0.25) is 0 Å². The number of rotatable bonds is 1. The molecule has 0 aliphatic heterocycles.